The summed E-state index contributed by atoms with van der Waals surface area (Å²) in [5.41, 5.74) is 5.07. The van der Waals surface area contributed by atoms with Crippen LogP contribution in [-0.2, 0) is 11.3 Å². The van der Waals surface area contributed by atoms with Crippen molar-refractivity contribution in [3.63, 3.8) is 0 Å². The number of aryl methyl sites for hydroxylation is 3. The number of hydrogen-bond donors (Lipinski definition) is 0. The molecule has 3 heterocycles. The molecule has 0 aliphatic carbocycles. The van der Waals surface area contributed by atoms with Gasteiger partial charge in [0, 0.05) is 43.6 Å². The van der Waals surface area contributed by atoms with Crippen LogP contribution in [0.5, 0.6) is 5.75 Å². The van der Waals surface area contributed by atoms with Gasteiger partial charge in [-0.15, -0.1) is 0 Å². The summed E-state index contributed by atoms with van der Waals surface area (Å²) in [4.78, 5) is 51.3. The normalized spacial score (nSPS) is 17.6. The minimum Gasteiger partial charge on any atom is -0.497 e. The zero-order valence-corrected chi connectivity index (χ0v) is 23.7. The fourth-order valence-electron chi connectivity index (χ4n) is 5.49. The van der Waals surface area contributed by atoms with Gasteiger partial charge in [-0.25, -0.2) is 9.78 Å². The van der Waals surface area contributed by atoms with E-state index < -0.39 is 6.04 Å². The van der Waals surface area contributed by atoms with E-state index >= 15 is 0 Å². The van der Waals surface area contributed by atoms with E-state index in [9.17, 15) is 14.4 Å². The van der Waals surface area contributed by atoms with Crippen LogP contribution in [0, 0.1) is 20.8 Å². The van der Waals surface area contributed by atoms with Crippen molar-refractivity contribution >= 4 is 29.4 Å². The highest BCUT2D eigenvalue weighted by molar-refractivity contribution is 6.14. The van der Waals surface area contributed by atoms with E-state index in [2.05, 4.69) is 22.9 Å². The van der Waals surface area contributed by atoms with Crippen LogP contribution < -0.4 is 14.5 Å². The van der Waals surface area contributed by atoms with Crippen molar-refractivity contribution in [1.82, 2.24) is 14.8 Å². The van der Waals surface area contributed by atoms with Gasteiger partial charge >= 0.3 is 6.03 Å². The van der Waals surface area contributed by atoms with Crippen LogP contribution in [0.4, 0.5) is 16.3 Å². The maximum atomic E-state index is 13.4. The Morgan fingerprint density at radius 3 is 2.27 bits per heavy atom. The van der Waals surface area contributed by atoms with Crippen molar-refractivity contribution in [2.24, 2.45) is 0 Å². The molecule has 208 valence electrons. The summed E-state index contributed by atoms with van der Waals surface area (Å²) in [5, 5.41) is 0. The van der Waals surface area contributed by atoms with Crippen molar-refractivity contribution in [2.45, 2.75) is 40.3 Å². The number of benzene rings is 2. The average molecular weight is 542 g/mol. The molecule has 2 aliphatic rings. The number of amides is 4. The highest BCUT2D eigenvalue weighted by Gasteiger charge is 2.43. The molecule has 2 fully saturated rings. The van der Waals surface area contributed by atoms with Gasteiger partial charge in [0.2, 0.25) is 0 Å². The van der Waals surface area contributed by atoms with Crippen molar-refractivity contribution in [3.8, 4) is 5.75 Å². The molecule has 0 N–H and O–H groups in total. The molecular weight excluding hydrogens is 506 g/mol. The number of methoxy groups -OCH3 is 1. The summed E-state index contributed by atoms with van der Waals surface area (Å²) in [6.45, 7) is 10.5. The molecule has 9 nitrogen and oxygen atoms in total. The number of urea groups is 1. The maximum absolute atomic E-state index is 13.4. The molecule has 40 heavy (non-hydrogen) atoms. The van der Waals surface area contributed by atoms with Crippen LogP contribution in [0.3, 0.4) is 0 Å². The third kappa shape index (κ3) is 5.11. The molecule has 2 saturated heterocycles. The molecule has 1 atom stereocenters. The molecule has 0 spiro atoms. The van der Waals surface area contributed by atoms with Gasteiger partial charge in [-0.1, -0.05) is 18.2 Å². The van der Waals surface area contributed by atoms with Gasteiger partial charge in [-0.3, -0.25) is 19.4 Å². The Hall–Kier alpha value is -4.40. The molecule has 4 amide bonds. The molecule has 1 unspecified atom stereocenters. The molecule has 0 saturated carbocycles. The number of carbonyl (C=O) groups is 3. The van der Waals surface area contributed by atoms with E-state index in [1.807, 2.05) is 43.1 Å². The van der Waals surface area contributed by atoms with Gasteiger partial charge in [-0.2, -0.15) is 0 Å². The highest BCUT2D eigenvalue weighted by Crippen LogP contribution is 2.30. The predicted octanol–water partition coefficient (Wildman–Crippen LogP) is 4.34. The number of nitrogens with zero attached hydrogens (tertiary/aromatic N) is 5. The number of anilines is 2. The van der Waals surface area contributed by atoms with Gasteiger partial charge in [0.15, 0.2) is 0 Å². The topological polar surface area (TPSA) is 86.3 Å². The fourth-order valence-corrected chi connectivity index (χ4v) is 5.49. The number of rotatable bonds is 6. The number of piperazine rings is 1. The summed E-state index contributed by atoms with van der Waals surface area (Å²) >= 11 is 0. The molecular formula is C31H35N5O4. The van der Waals surface area contributed by atoms with Crippen molar-refractivity contribution < 1.29 is 19.1 Å². The monoisotopic (exact) mass is 541 g/mol. The summed E-state index contributed by atoms with van der Waals surface area (Å²) < 4.78 is 5.19. The minimum absolute atomic E-state index is 0.0321. The fraction of sp³-hybridized carbons (Fsp3) is 0.355. The second-order valence-electron chi connectivity index (χ2n) is 10.5. The lowest BCUT2D eigenvalue weighted by molar-refractivity contribution is -0.127. The standard InChI is InChI=1S/C31H35N5O4/c1-20-16-22(3)28(32-18-20)33-12-14-34(15-13-33)30(38)27-11-8-25(17-21(27)2)36-23(4)29(37)35(31(36)39)19-24-6-9-26(40-5)10-7-24/h6-11,16-18,23H,12-15,19H2,1-5H3. The van der Waals surface area contributed by atoms with Crippen molar-refractivity contribution in [2.75, 3.05) is 43.1 Å². The lowest BCUT2D eigenvalue weighted by Gasteiger charge is -2.36. The quantitative estimate of drug-likeness (QED) is 0.432. The molecule has 3 aromatic rings. The highest BCUT2D eigenvalue weighted by atomic mass is 16.5. The molecule has 0 radical (unpaired) electrons. The lowest BCUT2D eigenvalue weighted by atomic mass is 10.0. The SMILES string of the molecule is COc1ccc(CN2C(=O)C(C)N(c3ccc(C(=O)N4CCN(c5ncc(C)cc5C)CC4)c(C)c3)C2=O)cc1. The van der Waals surface area contributed by atoms with Crippen LogP contribution in [0.25, 0.3) is 0 Å². The number of imide groups is 1. The van der Waals surface area contributed by atoms with Crippen LogP contribution in [0.15, 0.2) is 54.7 Å². The van der Waals surface area contributed by atoms with Gasteiger partial charge in [0.25, 0.3) is 11.8 Å². The summed E-state index contributed by atoms with van der Waals surface area (Å²) in [6.07, 6.45) is 1.88. The van der Waals surface area contributed by atoms with Crippen LogP contribution in [0.2, 0.25) is 0 Å². The van der Waals surface area contributed by atoms with Gasteiger partial charge in [0.05, 0.1) is 13.7 Å². The molecule has 2 aliphatic heterocycles. The molecule has 9 heteroatoms. The first-order valence-corrected chi connectivity index (χ1v) is 13.5. The van der Waals surface area contributed by atoms with E-state index in [0.717, 1.165) is 28.1 Å². The summed E-state index contributed by atoms with van der Waals surface area (Å²) in [7, 11) is 1.59. The second-order valence-corrected chi connectivity index (χ2v) is 10.5. The van der Waals surface area contributed by atoms with Crippen LogP contribution in [0.1, 0.15) is 39.5 Å². The largest absolute Gasteiger partial charge is 0.497 e. The lowest BCUT2D eigenvalue weighted by Crippen LogP contribution is -2.49. The first kappa shape index (κ1) is 27.2. The third-order valence-corrected chi connectivity index (χ3v) is 7.72. The van der Waals surface area contributed by atoms with Crippen molar-refractivity contribution in [3.05, 3.63) is 82.5 Å². The first-order valence-electron chi connectivity index (χ1n) is 13.5. The Labute approximate surface area is 235 Å². The number of carbonyl (C=O) groups excluding carboxylic acids is 3. The average Bonchev–Trinajstić information content (AvgIpc) is 3.16. The Morgan fingerprint density at radius 1 is 0.950 bits per heavy atom. The zero-order valence-electron chi connectivity index (χ0n) is 23.7. The predicted molar refractivity (Wildman–Crippen MR) is 154 cm³/mol. The number of hydrogen-bond acceptors (Lipinski definition) is 6. The van der Waals surface area contributed by atoms with Gasteiger partial charge < -0.3 is 14.5 Å². The van der Waals surface area contributed by atoms with Crippen LogP contribution >= 0.6 is 0 Å². The Morgan fingerprint density at radius 2 is 1.65 bits per heavy atom. The minimum atomic E-state index is -0.640. The Bertz CT molecular complexity index is 1450. The Balaban J connectivity index is 1.27. The van der Waals surface area contributed by atoms with E-state index in [-0.39, 0.29) is 24.4 Å². The third-order valence-electron chi connectivity index (χ3n) is 7.72. The molecule has 2 aromatic carbocycles. The van der Waals surface area contributed by atoms with E-state index in [1.54, 1.807) is 38.3 Å². The smallest absolute Gasteiger partial charge is 0.332 e. The van der Waals surface area contributed by atoms with Gasteiger partial charge in [-0.05, 0) is 80.3 Å². The number of pyridine rings is 1. The summed E-state index contributed by atoms with van der Waals surface area (Å²) in [6, 6.07) is 13.8. The van der Waals surface area contributed by atoms with E-state index in [4.69, 9.17) is 4.74 Å². The van der Waals surface area contributed by atoms with Crippen LogP contribution in [-0.4, -0.2) is 72.0 Å². The maximum Gasteiger partial charge on any atom is 0.332 e. The molecule has 1 aromatic heterocycles. The number of aromatic nitrogens is 1. The Kier molecular flexibility index (Phi) is 7.47. The van der Waals surface area contributed by atoms with Gasteiger partial charge in [0.1, 0.15) is 17.6 Å². The molecule has 5 rings (SSSR count). The number of ether oxygens (including phenoxy) is 1. The van der Waals surface area contributed by atoms with E-state index in [1.165, 1.54) is 9.80 Å². The van der Waals surface area contributed by atoms with Crippen molar-refractivity contribution in [1.29, 1.82) is 0 Å². The second kappa shape index (κ2) is 11.0. The summed E-state index contributed by atoms with van der Waals surface area (Å²) in [5.74, 6) is 1.39. The zero-order chi connectivity index (χ0) is 28.6. The first-order chi connectivity index (χ1) is 19.2. The molecule has 0 bridgehead atoms. The van der Waals surface area contributed by atoms with E-state index in [0.29, 0.717) is 43.2 Å².